The van der Waals surface area contributed by atoms with Crippen LogP contribution in [0.2, 0.25) is 0 Å². The van der Waals surface area contributed by atoms with E-state index < -0.39 is 36.5 Å². The molecule has 0 radical (unpaired) electrons. The van der Waals surface area contributed by atoms with Gasteiger partial charge in [0, 0.05) is 13.1 Å². The van der Waals surface area contributed by atoms with Crippen molar-refractivity contribution in [2.24, 2.45) is 0 Å². The molecule has 9 nitrogen and oxygen atoms in total. The largest absolute Gasteiger partial charge is 0.463 e. The summed E-state index contributed by atoms with van der Waals surface area (Å²) < 4.78 is 15.0. The topological polar surface area (TPSA) is 121 Å². The summed E-state index contributed by atoms with van der Waals surface area (Å²) in [6.07, 6.45) is 1.28. The summed E-state index contributed by atoms with van der Waals surface area (Å²) in [6, 6.07) is 0.335. The van der Waals surface area contributed by atoms with Crippen LogP contribution in [0, 0.1) is 6.92 Å². The highest BCUT2D eigenvalue weighted by atomic mass is 16.6. The lowest BCUT2D eigenvalue weighted by Crippen LogP contribution is -2.45. The van der Waals surface area contributed by atoms with Gasteiger partial charge in [-0.05, 0) is 24.1 Å². The summed E-state index contributed by atoms with van der Waals surface area (Å²) in [4.78, 5) is 51.4. The summed E-state index contributed by atoms with van der Waals surface area (Å²) in [5, 5.41) is 2.38. The molecule has 1 N–H and O–H groups in total. The Hall–Kier alpha value is -3.23. The Morgan fingerprint density at radius 1 is 1.35 bits per heavy atom. The number of hydrogen-bond donors (Lipinski definition) is 1. The maximum atomic E-state index is 12.5. The number of rotatable bonds is 3. The molecule has 26 heavy (non-hydrogen) atoms. The summed E-state index contributed by atoms with van der Waals surface area (Å²) in [5.74, 6) is -2.78. The number of carbonyl (C=O) groups excluding carboxylic acids is 4. The summed E-state index contributed by atoms with van der Waals surface area (Å²) >= 11 is 0. The van der Waals surface area contributed by atoms with Gasteiger partial charge in [-0.2, -0.15) is 0 Å². The molecule has 1 aromatic rings. The van der Waals surface area contributed by atoms with Crippen molar-refractivity contribution in [2.75, 3.05) is 13.2 Å². The fraction of sp³-hybridized carbons (Fsp3) is 0.353. The van der Waals surface area contributed by atoms with E-state index in [9.17, 15) is 19.2 Å². The van der Waals surface area contributed by atoms with E-state index in [-0.39, 0.29) is 24.5 Å². The van der Waals surface area contributed by atoms with Crippen LogP contribution in [0.15, 0.2) is 24.4 Å². The number of pyridine rings is 1. The molecule has 0 bridgehead atoms. The average Bonchev–Trinajstić information content (AvgIpc) is 2.62. The van der Waals surface area contributed by atoms with Crippen LogP contribution in [0.3, 0.4) is 0 Å². The van der Waals surface area contributed by atoms with Gasteiger partial charge in [0.15, 0.2) is 17.5 Å². The Labute approximate surface area is 149 Å². The molecule has 1 saturated heterocycles. The molecular formula is C17H18N2O7. The molecule has 1 fully saturated rings. The predicted molar refractivity (Wildman–Crippen MR) is 87.2 cm³/mol. The molecule has 1 aliphatic rings. The van der Waals surface area contributed by atoms with Crippen LogP contribution in [-0.4, -0.2) is 48.1 Å². The van der Waals surface area contributed by atoms with Gasteiger partial charge >= 0.3 is 17.9 Å². The van der Waals surface area contributed by atoms with Crippen LogP contribution < -0.4 is 10.1 Å². The number of aromatic nitrogens is 1. The molecule has 2 rings (SSSR count). The second-order valence-corrected chi connectivity index (χ2v) is 5.64. The number of carbonyl (C=O) groups is 4. The Bertz CT molecular complexity index is 772. The predicted octanol–water partition coefficient (Wildman–Crippen LogP) is 0.460. The molecule has 0 spiro atoms. The van der Waals surface area contributed by atoms with Crippen molar-refractivity contribution >= 4 is 23.8 Å². The van der Waals surface area contributed by atoms with Gasteiger partial charge in [-0.15, -0.1) is 0 Å². The van der Waals surface area contributed by atoms with Crippen molar-refractivity contribution in [3.05, 3.63) is 35.7 Å². The summed E-state index contributed by atoms with van der Waals surface area (Å²) in [7, 11) is 0. The highest BCUT2D eigenvalue weighted by molar-refractivity contribution is 5.98. The molecule has 2 heterocycles. The molecule has 138 valence electrons. The van der Waals surface area contributed by atoms with Gasteiger partial charge in [-0.1, -0.05) is 6.58 Å². The SMILES string of the molecule is C=C1COC(=O)[C@@H](NC(=O)c2nccc(C)c2OC(C)=O)COC(=O)C1. The van der Waals surface area contributed by atoms with Gasteiger partial charge in [-0.3, -0.25) is 14.4 Å². The van der Waals surface area contributed by atoms with Crippen LogP contribution in [0.1, 0.15) is 29.4 Å². The second-order valence-electron chi connectivity index (χ2n) is 5.64. The Balaban J connectivity index is 2.21. The summed E-state index contributed by atoms with van der Waals surface area (Å²) in [5.41, 5.74) is 0.719. The fourth-order valence-electron chi connectivity index (χ4n) is 2.13. The lowest BCUT2D eigenvalue weighted by molar-refractivity contribution is -0.149. The number of amides is 1. The van der Waals surface area contributed by atoms with Gasteiger partial charge in [0.05, 0.1) is 6.42 Å². The van der Waals surface area contributed by atoms with E-state index in [4.69, 9.17) is 14.2 Å². The highest BCUT2D eigenvalue weighted by Gasteiger charge is 2.29. The maximum Gasteiger partial charge on any atom is 0.332 e. The van der Waals surface area contributed by atoms with Gasteiger partial charge in [0.25, 0.3) is 5.91 Å². The number of cyclic esters (lactones) is 2. The molecular weight excluding hydrogens is 344 g/mol. The molecule has 9 heteroatoms. The molecule has 0 aliphatic carbocycles. The Morgan fingerprint density at radius 2 is 2.08 bits per heavy atom. The number of nitrogens with one attached hydrogen (secondary N) is 1. The fourth-order valence-corrected chi connectivity index (χ4v) is 2.13. The first-order valence-corrected chi connectivity index (χ1v) is 7.71. The van der Waals surface area contributed by atoms with Crippen molar-refractivity contribution in [1.29, 1.82) is 0 Å². The van der Waals surface area contributed by atoms with Crippen LogP contribution in [0.5, 0.6) is 5.75 Å². The first-order chi connectivity index (χ1) is 12.3. The van der Waals surface area contributed by atoms with Crippen LogP contribution in [0.25, 0.3) is 0 Å². The van der Waals surface area contributed by atoms with Gasteiger partial charge in [-0.25, -0.2) is 9.78 Å². The third-order valence-corrected chi connectivity index (χ3v) is 3.38. The molecule has 1 aromatic heterocycles. The van der Waals surface area contributed by atoms with Crippen LogP contribution in [-0.2, 0) is 23.9 Å². The minimum Gasteiger partial charge on any atom is -0.463 e. The van der Waals surface area contributed by atoms with E-state index in [1.165, 1.54) is 13.1 Å². The van der Waals surface area contributed by atoms with Crippen LogP contribution >= 0.6 is 0 Å². The van der Waals surface area contributed by atoms with E-state index in [0.29, 0.717) is 11.1 Å². The Kier molecular flexibility index (Phi) is 6.05. The van der Waals surface area contributed by atoms with Crippen LogP contribution in [0.4, 0.5) is 0 Å². The highest BCUT2D eigenvalue weighted by Crippen LogP contribution is 2.21. The first kappa shape index (κ1) is 19.1. The van der Waals surface area contributed by atoms with Gasteiger partial charge in [0.1, 0.15) is 13.2 Å². The van der Waals surface area contributed by atoms with Crippen molar-refractivity contribution in [3.8, 4) is 5.75 Å². The molecule has 0 saturated carbocycles. The first-order valence-electron chi connectivity index (χ1n) is 7.71. The quantitative estimate of drug-likeness (QED) is 0.608. The molecule has 0 unspecified atom stereocenters. The zero-order valence-corrected chi connectivity index (χ0v) is 14.4. The number of nitrogens with zero attached hydrogens (tertiary/aromatic N) is 1. The molecule has 1 amide bonds. The third-order valence-electron chi connectivity index (χ3n) is 3.38. The second kappa shape index (κ2) is 8.24. The average molecular weight is 362 g/mol. The number of aryl methyl sites for hydroxylation is 1. The maximum absolute atomic E-state index is 12.5. The summed E-state index contributed by atoms with van der Waals surface area (Å²) in [6.45, 7) is 5.88. The van der Waals surface area contributed by atoms with E-state index in [0.717, 1.165) is 0 Å². The molecule has 0 aromatic carbocycles. The molecule has 1 atom stereocenters. The van der Waals surface area contributed by atoms with Crippen molar-refractivity contribution in [1.82, 2.24) is 10.3 Å². The lowest BCUT2D eigenvalue weighted by Gasteiger charge is -2.17. The minimum absolute atomic E-state index is 0.0145. The van der Waals surface area contributed by atoms with Crippen molar-refractivity contribution in [3.63, 3.8) is 0 Å². The smallest absolute Gasteiger partial charge is 0.332 e. The lowest BCUT2D eigenvalue weighted by atomic mass is 10.2. The Morgan fingerprint density at radius 3 is 2.77 bits per heavy atom. The van der Waals surface area contributed by atoms with Crippen molar-refractivity contribution in [2.45, 2.75) is 26.3 Å². The normalized spacial score (nSPS) is 17.9. The number of ether oxygens (including phenoxy) is 3. The number of esters is 3. The molecule has 1 aliphatic heterocycles. The zero-order valence-electron chi connectivity index (χ0n) is 14.4. The van der Waals surface area contributed by atoms with E-state index in [1.807, 2.05) is 0 Å². The zero-order chi connectivity index (χ0) is 19.3. The standard InChI is InChI=1S/C17H18N2O7/c1-9-6-13(21)24-8-12(17(23)25-7-9)19-16(22)14-15(26-11(3)20)10(2)4-5-18-14/h4-5,12H,1,6-8H2,2-3H3,(H,19,22)/t12-/m0/s1. The van der Waals surface area contributed by atoms with E-state index >= 15 is 0 Å². The number of hydrogen-bond acceptors (Lipinski definition) is 8. The monoisotopic (exact) mass is 362 g/mol. The van der Waals surface area contributed by atoms with Gasteiger partial charge in [0.2, 0.25) is 0 Å². The van der Waals surface area contributed by atoms with E-state index in [2.05, 4.69) is 16.9 Å². The van der Waals surface area contributed by atoms with Gasteiger partial charge < -0.3 is 19.5 Å². The minimum atomic E-state index is -1.23. The third kappa shape index (κ3) is 4.88. The van der Waals surface area contributed by atoms with Crippen molar-refractivity contribution < 1.29 is 33.4 Å². The van der Waals surface area contributed by atoms with E-state index in [1.54, 1.807) is 13.0 Å².